The molecule has 3 rings (SSSR count). The molecule has 0 saturated heterocycles. The Morgan fingerprint density at radius 3 is 2.63 bits per heavy atom. The van der Waals surface area contributed by atoms with Crippen molar-refractivity contribution in [2.24, 2.45) is 0 Å². The van der Waals surface area contributed by atoms with Crippen molar-refractivity contribution in [3.05, 3.63) is 51.4 Å². The van der Waals surface area contributed by atoms with Crippen molar-refractivity contribution in [1.29, 1.82) is 0 Å². The van der Waals surface area contributed by atoms with E-state index in [1.54, 1.807) is 0 Å². The van der Waals surface area contributed by atoms with E-state index in [0.717, 1.165) is 40.8 Å². The van der Waals surface area contributed by atoms with E-state index in [4.69, 9.17) is 4.74 Å². The molecule has 6 heteroatoms. The number of hydrogen-bond donors (Lipinski definition) is 0. The number of carbonyl (C=O) groups is 1. The zero-order valence-corrected chi connectivity index (χ0v) is 16.8. The standard InChI is InChI=1S/C21H24N2O3S/c1-4-5-6-11-26-17(24)12-23-13-22-20-19(21(23)25)18(15(3)27-20)16-9-7-14(2)8-10-16/h7-10,13H,4-6,11-12H2,1-3H3. The smallest absolute Gasteiger partial charge is 0.326 e. The zero-order valence-electron chi connectivity index (χ0n) is 15.9. The minimum atomic E-state index is -0.404. The Balaban J connectivity index is 1.92. The number of rotatable bonds is 7. The zero-order chi connectivity index (χ0) is 19.4. The van der Waals surface area contributed by atoms with E-state index in [9.17, 15) is 9.59 Å². The highest BCUT2D eigenvalue weighted by atomic mass is 32.1. The molecule has 0 aliphatic rings. The number of carbonyl (C=O) groups excluding carboxylic acids is 1. The molecule has 1 aromatic carbocycles. The Labute approximate surface area is 162 Å². The second kappa shape index (κ2) is 8.48. The quantitative estimate of drug-likeness (QED) is 0.445. The molecule has 142 valence electrons. The maximum absolute atomic E-state index is 13.0. The fourth-order valence-corrected chi connectivity index (χ4v) is 4.04. The van der Waals surface area contributed by atoms with Gasteiger partial charge in [-0.25, -0.2) is 4.98 Å². The Morgan fingerprint density at radius 1 is 1.19 bits per heavy atom. The molecule has 2 aromatic heterocycles. The summed E-state index contributed by atoms with van der Waals surface area (Å²) in [5.41, 5.74) is 2.85. The molecule has 0 spiro atoms. The number of benzene rings is 1. The first-order chi connectivity index (χ1) is 13.0. The summed E-state index contributed by atoms with van der Waals surface area (Å²) in [6.07, 6.45) is 4.37. The molecule has 0 bridgehead atoms. The highest BCUT2D eigenvalue weighted by molar-refractivity contribution is 7.19. The van der Waals surface area contributed by atoms with Crippen molar-refractivity contribution in [1.82, 2.24) is 9.55 Å². The number of nitrogens with zero attached hydrogens (tertiary/aromatic N) is 2. The molecule has 0 unspecified atom stereocenters. The molecule has 0 aliphatic carbocycles. The maximum atomic E-state index is 13.0. The lowest BCUT2D eigenvalue weighted by atomic mass is 10.0. The average molecular weight is 385 g/mol. The van der Waals surface area contributed by atoms with Gasteiger partial charge in [0, 0.05) is 10.4 Å². The lowest BCUT2D eigenvalue weighted by molar-refractivity contribution is -0.144. The first kappa shape index (κ1) is 19.3. The molecule has 0 amide bonds. The van der Waals surface area contributed by atoms with Crippen LogP contribution in [0.25, 0.3) is 21.3 Å². The second-order valence-corrected chi connectivity index (χ2v) is 7.89. The third-order valence-corrected chi connectivity index (χ3v) is 5.52. The maximum Gasteiger partial charge on any atom is 0.326 e. The van der Waals surface area contributed by atoms with Gasteiger partial charge >= 0.3 is 5.97 Å². The highest BCUT2D eigenvalue weighted by Crippen LogP contribution is 2.35. The van der Waals surface area contributed by atoms with Gasteiger partial charge in [-0.3, -0.25) is 14.2 Å². The van der Waals surface area contributed by atoms with Crippen molar-refractivity contribution in [2.45, 2.75) is 46.6 Å². The van der Waals surface area contributed by atoms with E-state index in [1.807, 2.05) is 38.1 Å². The Kier molecular flexibility index (Phi) is 6.06. The van der Waals surface area contributed by atoms with Crippen LogP contribution in [0.5, 0.6) is 0 Å². The first-order valence-electron chi connectivity index (χ1n) is 9.22. The normalized spacial score (nSPS) is 11.1. The summed E-state index contributed by atoms with van der Waals surface area (Å²) in [5.74, 6) is -0.404. The molecule has 3 aromatic rings. The van der Waals surface area contributed by atoms with Crippen molar-refractivity contribution >= 4 is 27.5 Å². The number of thiophene rings is 1. The van der Waals surface area contributed by atoms with E-state index in [1.165, 1.54) is 22.2 Å². The summed E-state index contributed by atoms with van der Waals surface area (Å²) in [6.45, 7) is 6.40. The SMILES string of the molecule is CCCCCOC(=O)Cn1cnc2sc(C)c(-c3ccc(C)cc3)c2c1=O. The second-order valence-electron chi connectivity index (χ2n) is 6.68. The summed E-state index contributed by atoms with van der Waals surface area (Å²) >= 11 is 1.50. The van der Waals surface area contributed by atoms with Gasteiger partial charge in [0.2, 0.25) is 0 Å². The van der Waals surface area contributed by atoms with Crippen LogP contribution >= 0.6 is 11.3 Å². The molecule has 0 radical (unpaired) electrons. The number of unbranched alkanes of at least 4 members (excludes halogenated alkanes) is 2. The minimum absolute atomic E-state index is 0.115. The minimum Gasteiger partial charge on any atom is -0.464 e. The lowest BCUT2D eigenvalue weighted by Gasteiger charge is -2.07. The molecule has 0 aliphatic heterocycles. The van der Waals surface area contributed by atoms with Gasteiger partial charge in [-0.2, -0.15) is 0 Å². The van der Waals surface area contributed by atoms with Gasteiger partial charge in [0.05, 0.1) is 18.3 Å². The molecule has 2 heterocycles. The molecule has 5 nitrogen and oxygen atoms in total. The fourth-order valence-electron chi connectivity index (χ4n) is 3.04. The Morgan fingerprint density at radius 2 is 1.93 bits per heavy atom. The predicted molar refractivity (Wildman–Crippen MR) is 109 cm³/mol. The molecule has 0 fully saturated rings. The van der Waals surface area contributed by atoms with Gasteiger partial charge in [-0.05, 0) is 25.8 Å². The van der Waals surface area contributed by atoms with Crippen LogP contribution in [0.15, 0.2) is 35.4 Å². The van der Waals surface area contributed by atoms with Crippen LogP contribution in [0.4, 0.5) is 0 Å². The van der Waals surface area contributed by atoms with Crippen LogP contribution < -0.4 is 5.56 Å². The van der Waals surface area contributed by atoms with Crippen LogP contribution in [0.2, 0.25) is 0 Å². The summed E-state index contributed by atoms with van der Waals surface area (Å²) in [4.78, 5) is 31.2. The summed E-state index contributed by atoms with van der Waals surface area (Å²) in [6, 6.07) is 8.09. The van der Waals surface area contributed by atoms with E-state index < -0.39 is 5.97 Å². The number of esters is 1. The molecular weight excluding hydrogens is 360 g/mol. The largest absolute Gasteiger partial charge is 0.464 e. The van der Waals surface area contributed by atoms with Crippen molar-refractivity contribution in [2.75, 3.05) is 6.61 Å². The molecular formula is C21H24N2O3S. The van der Waals surface area contributed by atoms with Crippen LogP contribution in [0.3, 0.4) is 0 Å². The van der Waals surface area contributed by atoms with E-state index in [0.29, 0.717) is 16.8 Å². The number of fused-ring (bicyclic) bond motifs is 1. The Hall–Kier alpha value is -2.47. The number of aryl methyl sites for hydroxylation is 2. The van der Waals surface area contributed by atoms with Crippen molar-refractivity contribution in [3.8, 4) is 11.1 Å². The number of aromatic nitrogens is 2. The van der Waals surface area contributed by atoms with Gasteiger partial charge in [-0.15, -0.1) is 11.3 Å². The number of hydrogen-bond acceptors (Lipinski definition) is 5. The summed E-state index contributed by atoms with van der Waals surface area (Å²) in [5, 5.41) is 0.572. The molecule has 0 atom stereocenters. The van der Waals surface area contributed by atoms with Gasteiger partial charge < -0.3 is 4.74 Å². The monoisotopic (exact) mass is 384 g/mol. The third-order valence-electron chi connectivity index (χ3n) is 4.51. The van der Waals surface area contributed by atoms with E-state index in [-0.39, 0.29) is 12.1 Å². The fraction of sp³-hybridized carbons (Fsp3) is 0.381. The van der Waals surface area contributed by atoms with Crippen LogP contribution in [0, 0.1) is 13.8 Å². The molecule has 27 heavy (non-hydrogen) atoms. The van der Waals surface area contributed by atoms with Gasteiger partial charge in [0.15, 0.2) is 0 Å². The number of ether oxygens (including phenoxy) is 1. The average Bonchev–Trinajstić information content (AvgIpc) is 2.99. The third kappa shape index (κ3) is 4.27. The van der Waals surface area contributed by atoms with Crippen molar-refractivity contribution < 1.29 is 9.53 Å². The van der Waals surface area contributed by atoms with Crippen LogP contribution in [0.1, 0.15) is 36.6 Å². The Bertz CT molecular complexity index is 1000. The van der Waals surface area contributed by atoms with Crippen molar-refractivity contribution in [3.63, 3.8) is 0 Å². The van der Waals surface area contributed by atoms with Gasteiger partial charge in [0.25, 0.3) is 5.56 Å². The predicted octanol–water partition coefficient (Wildman–Crippen LogP) is 4.48. The topological polar surface area (TPSA) is 61.2 Å². The molecule has 0 N–H and O–H groups in total. The van der Waals surface area contributed by atoms with Gasteiger partial charge in [0.1, 0.15) is 11.4 Å². The van der Waals surface area contributed by atoms with E-state index >= 15 is 0 Å². The van der Waals surface area contributed by atoms with Crippen LogP contribution in [-0.4, -0.2) is 22.1 Å². The molecule has 0 saturated carbocycles. The van der Waals surface area contributed by atoms with Gasteiger partial charge in [-0.1, -0.05) is 49.6 Å². The first-order valence-corrected chi connectivity index (χ1v) is 10.0. The summed E-state index contributed by atoms with van der Waals surface area (Å²) < 4.78 is 6.57. The van der Waals surface area contributed by atoms with E-state index in [2.05, 4.69) is 11.9 Å². The lowest BCUT2D eigenvalue weighted by Crippen LogP contribution is -2.25. The van der Waals surface area contributed by atoms with Crippen LogP contribution in [-0.2, 0) is 16.1 Å². The highest BCUT2D eigenvalue weighted by Gasteiger charge is 2.18. The summed E-state index contributed by atoms with van der Waals surface area (Å²) in [7, 11) is 0.